The summed E-state index contributed by atoms with van der Waals surface area (Å²) in [6, 6.07) is 13.5. The van der Waals surface area contributed by atoms with Gasteiger partial charge in [0, 0.05) is 29.1 Å². The van der Waals surface area contributed by atoms with Gasteiger partial charge in [0.25, 0.3) is 0 Å². The van der Waals surface area contributed by atoms with E-state index in [-0.39, 0.29) is 18.1 Å². The molecule has 0 saturated heterocycles. The van der Waals surface area contributed by atoms with E-state index >= 15 is 0 Å². The standard InChI is InChI=1S/C26H27FN4O3/c1-5-34-26-22(12-13-23(32)28-19-9-7-11-21(15-19)33-4)16(2)24-17(3)30-31(25(24)29-26)20-10-6-8-18(27)14-20/h6-11,14-15H,5,12-13H2,1-4H3,(H,28,32). The van der Waals surface area contributed by atoms with Crippen molar-refractivity contribution in [1.82, 2.24) is 14.8 Å². The first-order valence-electron chi connectivity index (χ1n) is 11.1. The zero-order valence-electron chi connectivity index (χ0n) is 19.7. The van der Waals surface area contributed by atoms with Gasteiger partial charge in [0.15, 0.2) is 5.65 Å². The van der Waals surface area contributed by atoms with Crippen molar-refractivity contribution in [3.8, 4) is 17.3 Å². The zero-order valence-corrected chi connectivity index (χ0v) is 19.7. The number of benzene rings is 2. The van der Waals surface area contributed by atoms with Crippen LogP contribution in [-0.4, -0.2) is 34.4 Å². The van der Waals surface area contributed by atoms with Gasteiger partial charge in [-0.2, -0.15) is 10.1 Å². The summed E-state index contributed by atoms with van der Waals surface area (Å²) in [5, 5.41) is 8.39. The molecule has 0 saturated carbocycles. The van der Waals surface area contributed by atoms with Gasteiger partial charge in [-0.1, -0.05) is 12.1 Å². The van der Waals surface area contributed by atoms with E-state index in [1.807, 2.05) is 39.0 Å². The molecule has 2 aromatic heterocycles. The number of halogens is 1. The normalized spacial score (nSPS) is 11.0. The molecular formula is C26H27FN4O3. The molecule has 0 radical (unpaired) electrons. The fraction of sp³-hybridized carbons (Fsp3) is 0.269. The van der Waals surface area contributed by atoms with Gasteiger partial charge in [0.2, 0.25) is 11.8 Å². The minimum absolute atomic E-state index is 0.123. The van der Waals surface area contributed by atoms with Gasteiger partial charge >= 0.3 is 0 Å². The number of ether oxygens (including phenoxy) is 2. The molecule has 0 bridgehead atoms. The van der Waals surface area contributed by atoms with Crippen molar-refractivity contribution in [3.63, 3.8) is 0 Å². The number of fused-ring (bicyclic) bond motifs is 1. The molecule has 0 fully saturated rings. The Balaban J connectivity index is 1.65. The maximum Gasteiger partial charge on any atom is 0.224 e. The Kier molecular flexibility index (Phi) is 6.77. The SMILES string of the molecule is CCOc1nc2c(c(C)nn2-c2cccc(F)c2)c(C)c1CCC(=O)Nc1cccc(OC)c1. The number of nitrogens with one attached hydrogen (secondary N) is 1. The Bertz CT molecular complexity index is 1350. The van der Waals surface area contributed by atoms with Crippen LogP contribution in [0.5, 0.6) is 11.6 Å². The Morgan fingerprint density at radius 3 is 2.68 bits per heavy atom. The van der Waals surface area contributed by atoms with Gasteiger partial charge in [-0.15, -0.1) is 0 Å². The molecule has 8 heteroatoms. The first kappa shape index (κ1) is 23.2. The molecular weight excluding hydrogens is 435 g/mol. The summed E-state index contributed by atoms with van der Waals surface area (Å²) in [5.74, 6) is 0.661. The highest BCUT2D eigenvalue weighted by atomic mass is 19.1. The zero-order chi connectivity index (χ0) is 24.2. The quantitative estimate of drug-likeness (QED) is 0.392. The van der Waals surface area contributed by atoms with E-state index in [2.05, 4.69) is 10.4 Å². The lowest BCUT2D eigenvalue weighted by molar-refractivity contribution is -0.116. The van der Waals surface area contributed by atoms with Crippen LogP contribution in [0.2, 0.25) is 0 Å². The van der Waals surface area contributed by atoms with E-state index in [9.17, 15) is 9.18 Å². The number of pyridine rings is 1. The van der Waals surface area contributed by atoms with Crippen LogP contribution in [0.4, 0.5) is 10.1 Å². The van der Waals surface area contributed by atoms with Crippen LogP contribution in [0.15, 0.2) is 48.5 Å². The third kappa shape index (κ3) is 4.71. The second kappa shape index (κ2) is 9.91. The predicted molar refractivity (Wildman–Crippen MR) is 129 cm³/mol. The molecule has 4 aromatic rings. The number of hydrogen-bond donors (Lipinski definition) is 1. The highest BCUT2D eigenvalue weighted by molar-refractivity contribution is 5.91. The van der Waals surface area contributed by atoms with Crippen molar-refractivity contribution in [2.45, 2.75) is 33.6 Å². The summed E-state index contributed by atoms with van der Waals surface area (Å²) in [6.07, 6.45) is 0.701. The topological polar surface area (TPSA) is 78.3 Å². The number of carbonyl (C=O) groups is 1. The van der Waals surface area contributed by atoms with Crippen LogP contribution in [-0.2, 0) is 11.2 Å². The van der Waals surface area contributed by atoms with Crippen LogP contribution < -0.4 is 14.8 Å². The summed E-state index contributed by atoms with van der Waals surface area (Å²) in [5.41, 5.74) is 4.42. The molecule has 0 aliphatic rings. The number of carbonyl (C=O) groups excluding carboxylic acids is 1. The number of anilines is 1. The van der Waals surface area contributed by atoms with Gasteiger partial charge in [-0.05, 0) is 63.1 Å². The Labute approximate surface area is 197 Å². The number of amides is 1. The van der Waals surface area contributed by atoms with Crippen molar-refractivity contribution >= 4 is 22.6 Å². The number of hydrogen-bond acceptors (Lipinski definition) is 5. The van der Waals surface area contributed by atoms with E-state index in [0.717, 1.165) is 22.2 Å². The monoisotopic (exact) mass is 462 g/mol. The van der Waals surface area contributed by atoms with Gasteiger partial charge in [0.1, 0.15) is 11.6 Å². The van der Waals surface area contributed by atoms with Crippen LogP contribution in [0.3, 0.4) is 0 Å². The summed E-state index contributed by atoms with van der Waals surface area (Å²) >= 11 is 0. The second-order valence-corrected chi connectivity index (χ2v) is 7.91. The van der Waals surface area contributed by atoms with E-state index < -0.39 is 0 Å². The van der Waals surface area contributed by atoms with Crippen molar-refractivity contribution in [2.24, 2.45) is 0 Å². The van der Waals surface area contributed by atoms with Crippen molar-refractivity contribution < 1.29 is 18.7 Å². The third-order valence-electron chi connectivity index (χ3n) is 5.62. The average Bonchev–Trinajstić information content (AvgIpc) is 3.15. The van der Waals surface area contributed by atoms with E-state index in [1.54, 1.807) is 30.0 Å². The minimum Gasteiger partial charge on any atom is -0.497 e. The maximum absolute atomic E-state index is 13.8. The molecule has 0 aliphatic carbocycles. The van der Waals surface area contributed by atoms with Gasteiger partial charge in [-0.3, -0.25) is 4.79 Å². The Hall–Kier alpha value is -3.94. The molecule has 0 unspecified atom stereocenters. The molecule has 176 valence electrons. The first-order chi connectivity index (χ1) is 16.4. The largest absolute Gasteiger partial charge is 0.497 e. The summed E-state index contributed by atoms with van der Waals surface area (Å²) < 4.78 is 26.5. The minimum atomic E-state index is -0.348. The molecule has 34 heavy (non-hydrogen) atoms. The van der Waals surface area contributed by atoms with Gasteiger partial charge < -0.3 is 14.8 Å². The summed E-state index contributed by atoms with van der Waals surface area (Å²) in [7, 11) is 1.58. The summed E-state index contributed by atoms with van der Waals surface area (Å²) in [4.78, 5) is 17.4. The lowest BCUT2D eigenvalue weighted by Gasteiger charge is -2.14. The van der Waals surface area contributed by atoms with Crippen LogP contribution in [0, 0.1) is 19.7 Å². The number of nitrogens with zero attached hydrogens (tertiary/aromatic N) is 3. The van der Waals surface area contributed by atoms with Gasteiger partial charge in [-0.25, -0.2) is 9.07 Å². The van der Waals surface area contributed by atoms with Crippen LogP contribution in [0.25, 0.3) is 16.7 Å². The first-order valence-corrected chi connectivity index (χ1v) is 11.1. The fourth-order valence-electron chi connectivity index (χ4n) is 4.03. The lowest BCUT2D eigenvalue weighted by Crippen LogP contribution is -2.13. The molecule has 4 rings (SSSR count). The fourth-order valence-corrected chi connectivity index (χ4v) is 4.03. The van der Waals surface area contributed by atoms with Crippen molar-refractivity contribution in [1.29, 1.82) is 0 Å². The third-order valence-corrected chi connectivity index (χ3v) is 5.62. The van der Waals surface area contributed by atoms with E-state index in [1.165, 1.54) is 12.1 Å². The van der Waals surface area contributed by atoms with Crippen molar-refractivity contribution in [2.75, 3.05) is 19.0 Å². The lowest BCUT2D eigenvalue weighted by atomic mass is 10.0. The predicted octanol–water partition coefficient (Wildman–Crippen LogP) is 5.16. The second-order valence-electron chi connectivity index (χ2n) is 7.91. The van der Waals surface area contributed by atoms with Gasteiger partial charge in [0.05, 0.1) is 25.1 Å². The molecule has 2 heterocycles. The highest BCUT2D eigenvalue weighted by Gasteiger charge is 2.21. The molecule has 2 aromatic carbocycles. The van der Waals surface area contributed by atoms with Crippen LogP contribution in [0.1, 0.15) is 30.2 Å². The smallest absolute Gasteiger partial charge is 0.224 e. The number of methoxy groups -OCH3 is 1. The molecule has 1 amide bonds. The number of aryl methyl sites for hydroxylation is 2. The molecule has 0 atom stereocenters. The summed E-state index contributed by atoms with van der Waals surface area (Å²) in [6.45, 7) is 6.18. The Morgan fingerprint density at radius 2 is 1.94 bits per heavy atom. The van der Waals surface area contributed by atoms with E-state index in [0.29, 0.717) is 41.7 Å². The molecule has 0 spiro atoms. The molecule has 7 nitrogen and oxygen atoms in total. The number of aromatic nitrogens is 3. The molecule has 1 N–H and O–H groups in total. The van der Waals surface area contributed by atoms with E-state index in [4.69, 9.17) is 14.5 Å². The van der Waals surface area contributed by atoms with Crippen LogP contribution >= 0.6 is 0 Å². The molecule has 0 aliphatic heterocycles. The average molecular weight is 463 g/mol. The number of rotatable bonds is 8. The van der Waals surface area contributed by atoms with Crippen molar-refractivity contribution in [3.05, 3.63) is 71.2 Å². The maximum atomic E-state index is 13.8. The Morgan fingerprint density at radius 1 is 1.15 bits per heavy atom. The highest BCUT2D eigenvalue weighted by Crippen LogP contribution is 2.32.